The fraction of sp³-hybridized carbons (Fsp3) is 1.00. The Bertz CT molecular complexity index is 243. The number of nitrogens with zero attached hydrogens (tertiary/aromatic N) is 3. The Morgan fingerprint density at radius 1 is 1.43 bits per heavy atom. The number of hydrogen-bond acceptors (Lipinski definition) is 5. The van der Waals surface area contributed by atoms with Crippen LogP contribution >= 0.6 is 0 Å². The average molecular weight is 203 g/mol. The molecule has 2 N–H and O–H groups in total. The number of rotatable bonds is 2. The minimum absolute atomic E-state index is 0.491. The van der Waals surface area contributed by atoms with Gasteiger partial charge in [0.05, 0.1) is 18.2 Å². The van der Waals surface area contributed by atoms with Crippen molar-refractivity contribution in [2.24, 2.45) is 5.11 Å². The minimum atomic E-state index is -1.20. The lowest BCUT2D eigenvalue weighted by molar-refractivity contribution is -0.260. The summed E-state index contributed by atoms with van der Waals surface area (Å²) in [5, 5.41) is 22.4. The Morgan fingerprint density at radius 2 is 2.07 bits per heavy atom. The van der Waals surface area contributed by atoms with Crippen LogP contribution in [0.2, 0.25) is 0 Å². The number of ether oxygens (including phenoxy) is 2. The predicted octanol–water partition coefficient (Wildman–Crippen LogP) is -0.222. The van der Waals surface area contributed by atoms with E-state index in [0.717, 1.165) is 0 Å². The van der Waals surface area contributed by atoms with Gasteiger partial charge in [0.15, 0.2) is 6.29 Å². The van der Waals surface area contributed by atoms with Crippen LogP contribution < -0.4 is 0 Å². The van der Waals surface area contributed by atoms with Gasteiger partial charge in [-0.25, -0.2) is 0 Å². The van der Waals surface area contributed by atoms with E-state index in [2.05, 4.69) is 10.0 Å². The highest BCUT2D eigenvalue weighted by atomic mass is 16.7. The first-order valence-corrected chi connectivity index (χ1v) is 4.20. The highest BCUT2D eigenvalue weighted by molar-refractivity contribution is 4.92. The molecule has 1 saturated heterocycles. The Morgan fingerprint density at radius 3 is 2.57 bits per heavy atom. The molecule has 0 spiro atoms. The molecular weight excluding hydrogens is 190 g/mol. The van der Waals surface area contributed by atoms with E-state index in [0.29, 0.717) is 0 Å². The third-order valence-electron chi connectivity index (χ3n) is 2.23. The van der Waals surface area contributed by atoms with Crippen LogP contribution in [0.3, 0.4) is 0 Å². The highest BCUT2D eigenvalue weighted by Crippen LogP contribution is 2.23. The molecule has 7 nitrogen and oxygen atoms in total. The van der Waals surface area contributed by atoms with Crippen LogP contribution in [0.25, 0.3) is 10.4 Å². The van der Waals surface area contributed by atoms with Gasteiger partial charge in [-0.2, -0.15) is 0 Å². The predicted molar refractivity (Wildman–Crippen MR) is 46.3 cm³/mol. The normalized spacial score (nSPS) is 43.0. The number of azide groups is 1. The molecule has 0 aromatic heterocycles. The molecule has 4 unspecified atom stereocenters. The van der Waals surface area contributed by atoms with Crippen LogP contribution in [0.5, 0.6) is 0 Å². The van der Waals surface area contributed by atoms with Crippen LogP contribution in [0.4, 0.5) is 0 Å². The van der Waals surface area contributed by atoms with E-state index in [4.69, 9.17) is 15.0 Å². The van der Waals surface area contributed by atoms with Gasteiger partial charge in [-0.1, -0.05) is 5.11 Å². The topological polar surface area (TPSA) is 108 Å². The summed E-state index contributed by atoms with van der Waals surface area (Å²) in [7, 11) is 1.36. The van der Waals surface area contributed by atoms with E-state index >= 15 is 0 Å². The summed E-state index contributed by atoms with van der Waals surface area (Å²) in [6, 6.07) is -0.790. The first-order chi connectivity index (χ1) is 6.61. The second-order valence-corrected chi connectivity index (χ2v) is 3.12. The summed E-state index contributed by atoms with van der Waals surface area (Å²) in [6.07, 6.45) is -3.74. The van der Waals surface area contributed by atoms with Crippen LogP contribution in [0.1, 0.15) is 6.92 Å². The molecule has 0 aromatic rings. The molecule has 1 heterocycles. The third kappa shape index (κ3) is 1.97. The molecule has 1 aliphatic rings. The van der Waals surface area contributed by atoms with E-state index < -0.39 is 30.6 Å². The fourth-order valence-corrected chi connectivity index (χ4v) is 1.43. The molecule has 0 aromatic carbocycles. The molecule has 0 bridgehead atoms. The molecule has 5 atom stereocenters. The van der Waals surface area contributed by atoms with Crippen molar-refractivity contribution in [1.82, 2.24) is 0 Å². The number of methoxy groups -OCH3 is 1. The lowest BCUT2D eigenvalue weighted by Crippen LogP contribution is -2.56. The summed E-state index contributed by atoms with van der Waals surface area (Å²) >= 11 is 0. The van der Waals surface area contributed by atoms with Gasteiger partial charge in [0.2, 0.25) is 0 Å². The second-order valence-electron chi connectivity index (χ2n) is 3.12. The SMILES string of the molecule is CO[C@H]1OC(C)C(N=[N+]=[N-])C(O)C1O. The lowest BCUT2D eigenvalue weighted by Gasteiger charge is -2.38. The Kier molecular flexibility index (Phi) is 3.68. The van der Waals surface area contributed by atoms with E-state index in [9.17, 15) is 10.2 Å². The maximum Gasteiger partial charge on any atom is 0.185 e. The molecule has 80 valence electrons. The zero-order valence-corrected chi connectivity index (χ0v) is 7.94. The minimum Gasteiger partial charge on any atom is -0.390 e. The fourth-order valence-electron chi connectivity index (χ4n) is 1.43. The summed E-state index contributed by atoms with van der Waals surface area (Å²) in [4.78, 5) is 2.58. The molecular formula is C7H13N3O4. The smallest absolute Gasteiger partial charge is 0.185 e. The van der Waals surface area contributed by atoms with E-state index in [1.165, 1.54) is 7.11 Å². The summed E-state index contributed by atoms with van der Waals surface area (Å²) in [6.45, 7) is 1.64. The second kappa shape index (κ2) is 4.59. The van der Waals surface area contributed by atoms with E-state index in [1.807, 2.05) is 0 Å². The Hall–Kier alpha value is -0.850. The molecule has 0 aliphatic carbocycles. The molecule has 7 heteroatoms. The van der Waals surface area contributed by atoms with Crippen LogP contribution in [0, 0.1) is 0 Å². The average Bonchev–Trinajstić information content (AvgIpc) is 2.18. The van der Waals surface area contributed by atoms with E-state index in [-0.39, 0.29) is 0 Å². The van der Waals surface area contributed by atoms with Crippen molar-refractivity contribution in [3.63, 3.8) is 0 Å². The van der Waals surface area contributed by atoms with Gasteiger partial charge in [-0.05, 0) is 12.5 Å². The van der Waals surface area contributed by atoms with Gasteiger partial charge in [0, 0.05) is 12.0 Å². The summed E-state index contributed by atoms with van der Waals surface area (Å²) in [5.74, 6) is 0. The molecule has 1 fully saturated rings. The monoisotopic (exact) mass is 203 g/mol. The number of aliphatic hydroxyl groups excluding tert-OH is 2. The van der Waals surface area contributed by atoms with Gasteiger partial charge >= 0.3 is 0 Å². The van der Waals surface area contributed by atoms with Crippen molar-refractivity contribution < 1.29 is 19.7 Å². The summed E-state index contributed by atoms with van der Waals surface area (Å²) in [5.41, 5.74) is 8.24. The van der Waals surface area contributed by atoms with Crippen molar-refractivity contribution in [2.45, 2.75) is 37.6 Å². The van der Waals surface area contributed by atoms with Crippen molar-refractivity contribution in [3.8, 4) is 0 Å². The van der Waals surface area contributed by atoms with Gasteiger partial charge < -0.3 is 19.7 Å². The maximum absolute atomic E-state index is 9.57. The first kappa shape index (κ1) is 11.2. The van der Waals surface area contributed by atoms with Crippen molar-refractivity contribution in [2.75, 3.05) is 7.11 Å². The maximum atomic E-state index is 9.57. The lowest BCUT2D eigenvalue weighted by atomic mass is 9.98. The first-order valence-electron chi connectivity index (χ1n) is 4.20. The van der Waals surface area contributed by atoms with Crippen LogP contribution in [-0.4, -0.2) is 48.0 Å². The molecule has 1 aliphatic heterocycles. The van der Waals surface area contributed by atoms with Gasteiger partial charge in [0.25, 0.3) is 0 Å². The van der Waals surface area contributed by atoms with Crippen molar-refractivity contribution in [3.05, 3.63) is 10.4 Å². The van der Waals surface area contributed by atoms with Gasteiger partial charge in [-0.3, -0.25) is 0 Å². The molecule has 0 saturated carbocycles. The van der Waals surface area contributed by atoms with Gasteiger partial charge in [0.1, 0.15) is 6.10 Å². The van der Waals surface area contributed by atoms with Crippen molar-refractivity contribution in [1.29, 1.82) is 0 Å². The standard InChI is InChI=1S/C7H13N3O4/c1-3-4(9-10-8)5(11)6(12)7(13-2)14-3/h3-7,11-12H,1-2H3/t3?,4?,5?,6?,7-/m0/s1. The molecule has 14 heavy (non-hydrogen) atoms. The van der Waals surface area contributed by atoms with Crippen molar-refractivity contribution >= 4 is 0 Å². The molecule has 0 radical (unpaired) electrons. The highest BCUT2D eigenvalue weighted by Gasteiger charge is 2.42. The molecule has 1 rings (SSSR count). The Balaban J connectivity index is 2.78. The van der Waals surface area contributed by atoms with E-state index in [1.54, 1.807) is 6.92 Å². The van der Waals surface area contributed by atoms with Crippen LogP contribution in [-0.2, 0) is 9.47 Å². The Labute approximate surface area is 80.9 Å². The largest absolute Gasteiger partial charge is 0.390 e. The quantitative estimate of drug-likeness (QED) is 0.367. The zero-order valence-electron chi connectivity index (χ0n) is 7.94. The van der Waals surface area contributed by atoms with Gasteiger partial charge in [-0.15, -0.1) is 0 Å². The number of hydrogen-bond donors (Lipinski definition) is 2. The van der Waals surface area contributed by atoms with Crippen LogP contribution in [0.15, 0.2) is 5.11 Å². The molecule has 0 amide bonds. The number of aliphatic hydroxyl groups is 2. The summed E-state index contributed by atoms with van der Waals surface area (Å²) < 4.78 is 9.99. The zero-order chi connectivity index (χ0) is 10.7. The third-order valence-corrected chi connectivity index (χ3v) is 2.23.